The minimum absolute atomic E-state index is 0.0153. The number of carbonyl (C=O) groups excluding carboxylic acids is 1. The number of halogens is 1. The fraction of sp³-hybridized carbons (Fsp3) is 0.182. The van der Waals surface area contributed by atoms with Crippen LogP contribution in [0.2, 0.25) is 5.02 Å². The van der Waals surface area contributed by atoms with Gasteiger partial charge in [-0.25, -0.2) is 4.98 Å². The van der Waals surface area contributed by atoms with Gasteiger partial charge in [-0.3, -0.25) is 15.2 Å². The summed E-state index contributed by atoms with van der Waals surface area (Å²) in [6.45, 7) is 4.48. The molecule has 6 nitrogen and oxygen atoms in total. The van der Waals surface area contributed by atoms with E-state index in [1.807, 2.05) is 68.4 Å². The molecule has 1 N–H and O–H groups in total. The predicted molar refractivity (Wildman–Crippen MR) is 113 cm³/mol. The Bertz CT molecular complexity index is 1050. The molecule has 1 amide bonds. The quantitative estimate of drug-likeness (QED) is 0.611. The van der Waals surface area contributed by atoms with Crippen LogP contribution >= 0.6 is 11.6 Å². The van der Waals surface area contributed by atoms with Crippen LogP contribution in [-0.4, -0.2) is 22.4 Å². The first kappa shape index (κ1) is 20.3. The lowest BCUT2D eigenvalue weighted by molar-refractivity contribution is 0.0947. The van der Waals surface area contributed by atoms with Crippen LogP contribution in [0.15, 0.2) is 60.8 Å². The van der Waals surface area contributed by atoms with Gasteiger partial charge in [0.1, 0.15) is 11.1 Å². The Hall–Kier alpha value is -3.43. The van der Waals surface area contributed by atoms with Crippen molar-refractivity contribution >= 4 is 23.3 Å². The number of nitrogens with zero attached hydrogens (tertiary/aromatic N) is 4. The highest BCUT2D eigenvalue weighted by atomic mass is 35.5. The summed E-state index contributed by atoms with van der Waals surface area (Å²) in [5, 5.41) is 10.9. The van der Waals surface area contributed by atoms with E-state index in [1.54, 1.807) is 11.1 Å². The topological polar surface area (TPSA) is 81.9 Å². The van der Waals surface area contributed by atoms with Crippen molar-refractivity contribution in [3.8, 4) is 17.2 Å². The molecule has 0 bridgehead atoms. The second-order valence-corrected chi connectivity index (χ2v) is 7.28. The van der Waals surface area contributed by atoms with Crippen molar-refractivity contribution in [1.82, 2.24) is 15.4 Å². The molecule has 7 heteroatoms. The van der Waals surface area contributed by atoms with Crippen LogP contribution < -0.4 is 10.4 Å². The Morgan fingerprint density at radius 2 is 1.90 bits per heavy atom. The van der Waals surface area contributed by atoms with Gasteiger partial charge in [0, 0.05) is 12.1 Å². The molecule has 0 unspecified atom stereocenters. The zero-order chi connectivity index (χ0) is 20.8. The highest BCUT2D eigenvalue weighted by molar-refractivity contribution is 6.32. The lowest BCUT2D eigenvalue weighted by Gasteiger charge is -2.26. The van der Waals surface area contributed by atoms with Crippen molar-refractivity contribution in [2.45, 2.75) is 13.8 Å². The van der Waals surface area contributed by atoms with E-state index in [0.29, 0.717) is 17.9 Å². The number of amides is 1. The molecule has 0 aliphatic carbocycles. The fourth-order valence-corrected chi connectivity index (χ4v) is 3.00. The maximum atomic E-state index is 13.0. The summed E-state index contributed by atoms with van der Waals surface area (Å²) in [6, 6.07) is 19.1. The molecule has 0 saturated carbocycles. The molecular weight excluding hydrogens is 386 g/mol. The molecular formula is C22H20ClN5O. The molecule has 0 fully saturated rings. The van der Waals surface area contributed by atoms with Gasteiger partial charge < -0.3 is 0 Å². The van der Waals surface area contributed by atoms with Crippen molar-refractivity contribution in [2.24, 2.45) is 5.92 Å². The van der Waals surface area contributed by atoms with Crippen molar-refractivity contribution in [1.29, 1.82) is 5.26 Å². The van der Waals surface area contributed by atoms with Gasteiger partial charge in [0.05, 0.1) is 6.20 Å². The molecule has 29 heavy (non-hydrogen) atoms. The molecule has 0 spiro atoms. The Morgan fingerprint density at radius 3 is 2.59 bits per heavy atom. The van der Waals surface area contributed by atoms with Crippen LogP contribution in [0.5, 0.6) is 0 Å². The SMILES string of the molecule is CC(C)CN(NC(=O)c1cccc(-c2ccccc2)c1)c1nc(C#N)ncc1Cl. The third-order valence-corrected chi connectivity index (χ3v) is 4.36. The first-order chi connectivity index (χ1) is 14.0. The van der Waals surface area contributed by atoms with Crippen molar-refractivity contribution in [3.63, 3.8) is 0 Å². The smallest absolute Gasteiger partial charge is 0.267 e. The standard InChI is InChI=1S/C22H20ClN5O/c1-15(2)14-28(21-19(23)13-25-20(12-24)26-21)27-22(29)18-10-6-9-17(11-18)16-7-4-3-5-8-16/h3-11,13,15H,14H2,1-2H3,(H,27,29). The van der Waals surface area contributed by atoms with E-state index in [9.17, 15) is 4.79 Å². The van der Waals surface area contributed by atoms with Crippen LogP contribution in [0.1, 0.15) is 30.0 Å². The van der Waals surface area contributed by atoms with Crippen molar-refractivity contribution in [3.05, 3.63) is 77.2 Å². The largest absolute Gasteiger partial charge is 0.269 e. The number of carbonyl (C=O) groups is 1. The molecule has 0 atom stereocenters. The molecule has 3 aromatic rings. The summed E-state index contributed by atoms with van der Waals surface area (Å²) < 4.78 is 0. The summed E-state index contributed by atoms with van der Waals surface area (Å²) in [5.74, 6) is 0.192. The molecule has 0 aliphatic rings. The minimum Gasteiger partial charge on any atom is -0.267 e. The van der Waals surface area contributed by atoms with Gasteiger partial charge in [-0.05, 0) is 29.2 Å². The number of hydrazine groups is 1. The van der Waals surface area contributed by atoms with Gasteiger partial charge in [0.2, 0.25) is 5.82 Å². The number of rotatable bonds is 6. The average molecular weight is 406 g/mol. The van der Waals surface area contributed by atoms with Gasteiger partial charge in [-0.2, -0.15) is 10.2 Å². The zero-order valence-corrected chi connectivity index (χ0v) is 16.9. The van der Waals surface area contributed by atoms with Gasteiger partial charge in [0.15, 0.2) is 5.82 Å². The molecule has 0 radical (unpaired) electrons. The number of aromatic nitrogens is 2. The van der Waals surface area contributed by atoms with Crippen LogP contribution in [0, 0.1) is 17.2 Å². The number of nitrogens with one attached hydrogen (secondary N) is 1. The zero-order valence-electron chi connectivity index (χ0n) is 16.1. The highest BCUT2D eigenvalue weighted by Crippen LogP contribution is 2.23. The van der Waals surface area contributed by atoms with E-state index in [0.717, 1.165) is 11.1 Å². The molecule has 0 aliphatic heterocycles. The van der Waals surface area contributed by atoms with E-state index < -0.39 is 0 Å². The number of nitriles is 1. The van der Waals surface area contributed by atoms with Gasteiger partial charge in [-0.15, -0.1) is 0 Å². The molecule has 1 heterocycles. The number of hydrogen-bond donors (Lipinski definition) is 1. The maximum Gasteiger partial charge on any atom is 0.269 e. The van der Waals surface area contributed by atoms with Gasteiger partial charge in [0.25, 0.3) is 5.91 Å². The Balaban J connectivity index is 1.89. The normalized spacial score (nSPS) is 10.4. The van der Waals surface area contributed by atoms with Crippen LogP contribution in [0.3, 0.4) is 0 Å². The highest BCUT2D eigenvalue weighted by Gasteiger charge is 2.19. The van der Waals surface area contributed by atoms with E-state index in [1.165, 1.54) is 6.20 Å². The molecule has 0 saturated heterocycles. The Labute approximate surface area is 174 Å². The molecule has 1 aromatic heterocycles. The third kappa shape index (κ3) is 5.09. The molecule has 146 valence electrons. The van der Waals surface area contributed by atoms with Crippen molar-refractivity contribution < 1.29 is 4.79 Å². The lowest BCUT2D eigenvalue weighted by atomic mass is 10.0. The second-order valence-electron chi connectivity index (χ2n) is 6.87. The monoisotopic (exact) mass is 405 g/mol. The average Bonchev–Trinajstić information content (AvgIpc) is 2.74. The second kappa shape index (κ2) is 9.18. The first-order valence-corrected chi connectivity index (χ1v) is 9.52. The fourth-order valence-electron chi connectivity index (χ4n) is 2.81. The van der Waals surface area contributed by atoms with E-state index in [-0.39, 0.29) is 22.7 Å². The summed E-state index contributed by atoms with van der Waals surface area (Å²) in [5.41, 5.74) is 5.34. The molecule has 2 aromatic carbocycles. The number of hydrogen-bond acceptors (Lipinski definition) is 5. The Morgan fingerprint density at radius 1 is 1.17 bits per heavy atom. The maximum absolute atomic E-state index is 13.0. The van der Waals surface area contributed by atoms with E-state index in [2.05, 4.69) is 15.4 Å². The van der Waals surface area contributed by atoms with Gasteiger partial charge in [-0.1, -0.05) is 67.9 Å². The summed E-state index contributed by atoms with van der Waals surface area (Å²) in [4.78, 5) is 21.0. The minimum atomic E-state index is -0.295. The third-order valence-electron chi connectivity index (χ3n) is 4.10. The van der Waals surface area contributed by atoms with Gasteiger partial charge >= 0.3 is 0 Å². The summed E-state index contributed by atoms with van der Waals surface area (Å²) in [7, 11) is 0. The van der Waals surface area contributed by atoms with E-state index >= 15 is 0 Å². The number of benzene rings is 2. The molecule has 3 rings (SSSR count). The first-order valence-electron chi connectivity index (χ1n) is 9.14. The Kier molecular flexibility index (Phi) is 6.43. The summed E-state index contributed by atoms with van der Waals surface area (Å²) >= 11 is 6.24. The predicted octanol–water partition coefficient (Wildman–Crippen LogP) is 4.48. The van der Waals surface area contributed by atoms with Crippen LogP contribution in [0.4, 0.5) is 5.82 Å². The summed E-state index contributed by atoms with van der Waals surface area (Å²) in [6.07, 6.45) is 1.36. The van der Waals surface area contributed by atoms with Crippen LogP contribution in [-0.2, 0) is 0 Å². The lowest BCUT2D eigenvalue weighted by Crippen LogP contribution is -2.45. The number of anilines is 1. The van der Waals surface area contributed by atoms with Crippen molar-refractivity contribution in [2.75, 3.05) is 11.6 Å². The van der Waals surface area contributed by atoms with Crippen LogP contribution in [0.25, 0.3) is 11.1 Å². The van der Waals surface area contributed by atoms with E-state index in [4.69, 9.17) is 16.9 Å².